The van der Waals surface area contributed by atoms with Crippen molar-refractivity contribution in [3.63, 3.8) is 0 Å². The third-order valence-corrected chi connectivity index (χ3v) is 3.60. The molecular weight excluding hydrogens is 266 g/mol. The fraction of sp³-hybridized carbons (Fsp3) is 0.438. The van der Waals surface area contributed by atoms with Crippen molar-refractivity contribution >= 4 is 16.8 Å². The van der Waals surface area contributed by atoms with E-state index in [0.717, 1.165) is 22.9 Å². The summed E-state index contributed by atoms with van der Waals surface area (Å²) in [6.45, 7) is 2.58. The van der Waals surface area contributed by atoms with Gasteiger partial charge in [-0.05, 0) is 31.4 Å². The van der Waals surface area contributed by atoms with Gasteiger partial charge < -0.3 is 20.8 Å². The summed E-state index contributed by atoms with van der Waals surface area (Å²) in [5, 5.41) is 4.04. The van der Waals surface area contributed by atoms with Crippen molar-refractivity contribution in [2.75, 3.05) is 13.7 Å². The van der Waals surface area contributed by atoms with E-state index in [-0.39, 0.29) is 11.9 Å². The van der Waals surface area contributed by atoms with E-state index >= 15 is 0 Å². The first kappa shape index (κ1) is 15.5. The van der Waals surface area contributed by atoms with Crippen molar-refractivity contribution in [2.24, 2.45) is 5.73 Å². The minimum Gasteiger partial charge on any atom is -0.385 e. The first-order valence-corrected chi connectivity index (χ1v) is 7.21. The third kappa shape index (κ3) is 4.06. The van der Waals surface area contributed by atoms with Crippen LogP contribution in [-0.4, -0.2) is 36.7 Å². The summed E-state index contributed by atoms with van der Waals surface area (Å²) in [5.41, 5.74) is 8.15. The molecule has 5 nitrogen and oxygen atoms in total. The minimum atomic E-state index is -0.547. The number of aromatic nitrogens is 1. The molecule has 2 atom stereocenters. The molecule has 0 aliphatic carbocycles. The summed E-state index contributed by atoms with van der Waals surface area (Å²) in [5.74, 6) is -0.121. The normalized spacial score (nSPS) is 14.0. The van der Waals surface area contributed by atoms with Gasteiger partial charge >= 0.3 is 0 Å². The second kappa shape index (κ2) is 7.24. The van der Waals surface area contributed by atoms with Crippen LogP contribution in [0.4, 0.5) is 0 Å². The molecule has 0 radical (unpaired) electrons. The molecule has 1 aromatic carbocycles. The Bertz CT molecular complexity index is 594. The fourth-order valence-corrected chi connectivity index (χ4v) is 2.35. The van der Waals surface area contributed by atoms with Crippen LogP contribution in [-0.2, 0) is 16.0 Å². The number of carbonyl (C=O) groups is 1. The number of para-hydroxylation sites is 1. The molecule has 0 bridgehead atoms. The molecule has 0 aliphatic heterocycles. The summed E-state index contributed by atoms with van der Waals surface area (Å²) in [6, 6.07) is 7.52. The van der Waals surface area contributed by atoms with Crippen LogP contribution in [0.3, 0.4) is 0 Å². The van der Waals surface area contributed by atoms with Gasteiger partial charge in [-0.2, -0.15) is 0 Å². The van der Waals surface area contributed by atoms with Gasteiger partial charge in [0, 0.05) is 36.9 Å². The van der Waals surface area contributed by atoms with E-state index in [1.165, 1.54) is 0 Å². The summed E-state index contributed by atoms with van der Waals surface area (Å²) in [7, 11) is 1.65. The quantitative estimate of drug-likeness (QED) is 0.724. The van der Waals surface area contributed by atoms with Gasteiger partial charge in [-0.25, -0.2) is 0 Å². The second-order valence-corrected chi connectivity index (χ2v) is 5.36. The van der Waals surface area contributed by atoms with Crippen molar-refractivity contribution in [3.05, 3.63) is 36.0 Å². The molecular formula is C16H23N3O2. The van der Waals surface area contributed by atoms with E-state index in [4.69, 9.17) is 10.5 Å². The summed E-state index contributed by atoms with van der Waals surface area (Å²) in [6.07, 6.45) is 3.22. The lowest BCUT2D eigenvalue weighted by atomic mass is 10.0. The number of H-pyrrole nitrogens is 1. The minimum absolute atomic E-state index is 0.0615. The van der Waals surface area contributed by atoms with Crippen molar-refractivity contribution in [3.8, 4) is 0 Å². The zero-order valence-electron chi connectivity index (χ0n) is 12.6. The molecule has 21 heavy (non-hydrogen) atoms. The number of fused-ring (bicyclic) bond motifs is 1. The second-order valence-electron chi connectivity index (χ2n) is 5.36. The Kier molecular flexibility index (Phi) is 5.36. The average molecular weight is 289 g/mol. The number of hydrogen-bond acceptors (Lipinski definition) is 3. The molecule has 5 heteroatoms. The van der Waals surface area contributed by atoms with E-state index in [1.54, 1.807) is 7.11 Å². The maximum atomic E-state index is 12.1. The maximum absolute atomic E-state index is 12.1. The number of ether oxygens (including phenoxy) is 1. The highest BCUT2D eigenvalue weighted by atomic mass is 16.5. The topological polar surface area (TPSA) is 80.1 Å². The molecule has 2 rings (SSSR count). The van der Waals surface area contributed by atoms with Gasteiger partial charge in [-0.15, -0.1) is 0 Å². The first-order chi connectivity index (χ1) is 10.1. The monoisotopic (exact) mass is 289 g/mol. The van der Waals surface area contributed by atoms with E-state index in [2.05, 4.69) is 10.3 Å². The van der Waals surface area contributed by atoms with Gasteiger partial charge in [0.2, 0.25) is 5.91 Å². The molecule has 4 N–H and O–H groups in total. The number of nitrogens with two attached hydrogens (primary N) is 1. The molecule has 2 aromatic rings. The molecule has 114 valence electrons. The third-order valence-electron chi connectivity index (χ3n) is 3.60. The smallest absolute Gasteiger partial charge is 0.237 e. The van der Waals surface area contributed by atoms with E-state index in [9.17, 15) is 4.79 Å². The fourth-order valence-electron chi connectivity index (χ4n) is 2.35. The van der Waals surface area contributed by atoms with Crippen LogP contribution >= 0.6 is 0 Å². The number of aromatic amines is 1. The van der Waals surface area contributed by atoms with Gasteiger partial charge in [0.15, 0.2) is 0 Å². The number of methoxy groups -OCH3 is 1. The molecule has 2 unspecified atom stereocenters. The van der Waals surface area contributed by atoms with Gasteiger partial charge in [0.25, 0.3) is 0 Å². The number of nitrogens with one attached hydrogen (secondary N) is 2. The summed E-state index contributed by atoms with van der Waals surface area (Å²) >= 11 is 0. The molecule has 0 fully saturated rings. The van der Waals surface area contributed by atoms with Crippen molar-refractivity contribution in [1.82, 2.24) is 10.3 Å². The van der Waals surface area contributed by atoms with Crippen LogP contribution in [0.2, 0.25) is 0 Å². The first-order valence-electron chi connectivity index (χ1n) is 7.21. The lowest BCUT2D eigenvalue weighted by molar-refractivity contribution is -0.123. The van der Waals surface area contributed by atoms with Gasteiger partial charge in [0.1, 0.15) is 0 Å². The lowest BCUT2D eigenvalue weighted by Gasteiger charge is -2.17. The van der Waals surface area contributed by atoms with Crippen LogP contribution in [0.1, 0.15) is 18.9 Å². The van der Waals surface area contributed by atoms with Gasteiger partial charge in [-0.3, -0.25) is 4.79 Å². The van der Waals surface area contributed by atoms with E-state index in [1.807, 2.05) is 37.4 Å². The Morgan fingerprint density at radius 3 is 2.95 bits per heavy atom. The van der Waals surface area contributed by atoms with Crippen molar-refractivity contribution in [2.45, 2.75) is 31.8 Å². The SMILES string of the molecule is COCCC(C)NC(=O)C(N)Cc1c[nH]c2ccccc12. The molecule has 1 heterocycles. The highest BCUT2D eigenvalue weighted by molar-refractivity contribution is 5.86. The van der Waals surface area contributed by atoms with Crippen molar-refractivity contribution in [1.29, 1.82) is 0 Å². The largest absolute Gasteiger partial charge is 0.385 e. The lowest BCUT2D eigenvalue weighted by Crippen LogP contribution is -2.45. The number of hydrogen-bond donors (Lipinski definition) is 3. The van der Waals surface area contributed by atoms with E-state index in [0.29, 0.717) is 13.0 Å². The summed E-state index contributed by atoms with van der Waals surface area (Å²) in [4.78, 5) is 15.3. The van der Waals surface area contributed by atoms with Crippen LogP contribution < -0.4 is 11.1 Å². The average Bonchev–Trinajstić information content (AvgIpc) is 2.88. The molecule has 0 saturated heterocycles. The number of rotatable bonds is 7. The molecule has 1 amide bonds. The highest BCUT2D eigenvalue weighted by Crippen LogP contribution is 2.18. The van der Waals surface area contributed by atoms with Crippen LogP contribution in [0.5, 0.6) is 0 Å². The van der Waals surface area contributed by atoms with Gasteiger partial charge in [0.05, 0.1) is 6.04 Å². The van der Waals surface area contributed by atoms with Crippen LogP contribution in [0.25, 0.3) is 10.9 Å². The number of benzene rings is 1. The van der Waals surface area contributed by atoms with Gasteiger partial charge in [-0.1, -0.05) is 18.2 Å². The Morgan fingerprint density at radius 2 is 2.19 bits per heavy atom. The molecule has 1 aromatic heterocycles. The standard InChI is InChI=1S/C16H23N3O2/c1-11(7-8-21-2)19-16(20)14(17)9-12-10-18-15-6-4-3-5-13(12)15/h3-6,10-11,14,18H,7-9,17H2,1-2H3,(H,19,20). The molecule has 0 saturated carbocycles. The predicted molar refractivity (Wildman–Crippen MR) is 84.1 cm³/mol. The Hall–Kier alpha value is -1.85. The van der Waals surface area contributed by atoms with Crippen LogP contribution in [0, 0.1) is 0 Å². The Balaban J connectivity index is 1.94. The van der Waals surface area contributed by atoms with Crippen LogP contribution in [0.15, 0.2) is 30.5 Å². The molecule has 0 aliphatic rings. The Morgan fingerprint density at radius 1 is 1.43 bits per heavy atom. The number of amides is 1. The zero-order valence-corrected chi connectivity index (χ0v) is 12.6. The van der Waals surface area contributed by atoms with E-state index < -0.39 is 6.04 Å². The highest BCUT2D eigenvalue weighted by Gasteiger charge is 2.17. The Labute approximate surface area is 124 Å². The summed E-state index contributed by atoms with van der Waals surface area (Å²) < 4.78 is 5.00. The zero-order chi connectivity index (χ0) is 15.2. The molecule has 0 spiro atoms. The van der Waals surface area contributed by atoms with Crippen molar-refractivity contribution < 1.29 is 9.53 Å². The predicted octanol–water partition coefficient (Wildman–Crippen LogP) is 1.58. The maximum Gasteiger partial charge on any atom is 0.237 e. The number of carbonyl (C=O) groups excluding carboxylic acids is 1.